The third kappa shape index (κ3) is 3.87. The molecule has 1 aliphatic carbocycles. The molecule has 1 aromatic heterocycles. The first-order chi connectivity index (χ1) is 10.2. The fourth-order valence-electron chi connectivity index (χ4n) is 2.47. The van der Waals surface area contributed by atoms with Crippen molar-refractivity contribution in [3.8, 4) is 0 Å². The van der Waals surface area contributed by atoms with Crippen molar-refractivity contribution >= 4 is 11.9 Å². The Kier molecular flexibility index (Phi) is 4.58. The topological polar surface area (TPSA) is 75.4 Å². The molecule has 0 bridgehead atoms. The highest BCUT2D eigenvalue weighted by atomic mass is 16.4. The van der Waals surface area contributed by atoms with Gasteiger partial charge in [-0.05, 0) is 46.1 Å². The van der Waals surface area contributed by atoms with Crippen LogP contribution in [0.4, 0.5) is 0 Å². The number of rotatable bonds is 6. The lowest BCUT2D eigenvalue weighted by Crippen LogP contribution is -2.29. The smallest absolute Gasteiger partial charge is 0.303 e. The van der Waals surface area contributed by atoms with Gasteiger partial charge < -0.3 is 10.0 Å². The summed E-state index contributed by atoms with van der Waals surface area (Å²) in [5.74, 6) is -0.463. The van der Waals surface area contributed by atoms with Gasteiger partial charge in [0.25, 0.3) is 5.91 Å². The minimum absolute atomic E-state index is 0.0708. The van der Waals surface area contributed by atoms with E-state index in [0.717, 1.165) is 18.5 Å². The highest BCUT2D eigenvalue weighted by Gasteiger charge is 2.32. The van der Waals surface area contributed by atoms with Crippen LogP contribution in [0.15, 0.2) is 6.07 Å². The lowest BCUT2D eigenvalue weighted by atomic mass is 10.1. The Labute approximate surface area is 131 Å². The van der Waals surface area contributed by atoms with Gasteiger partial charge in [-0.15, -0.1) is 0 Å². The number of hydrogen-bond acceptors (Lipinski definition) is 3. The summed E-state index contributed by atoms with van der Waals surface area (Å²) in [6.07, 6.45) is 2.84. The molecule has 22 heavy (non-hydrogen) atoms. The van der Waals surface area contributed by atoms with Crippen LogP contribution in [0.2, 0.25) is 0 Å². The second-order valence-electron chi connectivity index (χ2n) is 7.04. The van der Waals surface area contributed by atoms with E-state index >= 15 is 0 Å². The monoisotopic (exact) mass is 307 g/mol. The van der Waals surface area contributed by atoms with Crippen LogP contribution in [-0.4, -0.2) is 45.3 Å². The van der Waals surface area contributed by atoms with Crippen LogP contribution in [0.3, 0.4) is 0 Å². The molecule has 0 saturated heterocycles. The van der Waals surface area contributed by atoms with Gasteiger partial charge in [0, 0.05) is 31.6 Å². The molecule has 1 fully saturated rings. The van der Waals surface area contributed by atoms with Crippen molar-refractivity contribution < 1.29 is 14.7 Å². The molecule has 1 saturated carbocycles. The number of carboxylic acid groups (broad SMARTS) is 1. The van der Waals surface area contributed by atoms with Gasteiger partial charge in [-0.2, -0.15) is 5.10 Å². The van der Waals surface area contributed by atoms with E-state index in [4.69, 9.17) is 5.11 Å². The summed E-state index contributed by atoms with van der Waals surface area (Å²) in [7, 11) is 1.69. The highest BCUT2D eigenvalue weighted by molar-refractivity contribution is 5.92. The molecule has 1 amide bonds. The Bertz CT molecular complexity index is 568. The fourth-order valence-corrected chi connectivity index (χ4v) is 2.47. The summed E-state index contributed by atoms with van der Waals surface area (Å²) in [5.41, 5.74) is 1.43. The Balaban J connectivity index is 2.11. The lowest BCUT2D eigenvalue weighted by Gasteiger charge is -2.22. The zero-order valence-corrected chi connectivity index (χ0v) is 13.8. The Hall–Kier alpha value is -1.85. The SMILES string of the molecule is CN(CCCC(=O)O)C(=O)c1cc(C2CC2)n(C(C)(C)C)n1. The molecule has 0 aliphatic heterocycles. The second-order valence-corrected chi connectivity index (χ2v) is 7.04. The number of aromatic nitrogens is 2. The molecule has 0 unspecified atom stereocenters. The van der Waals surface area contributed by atoms with E-state index in [1.54, 1.807) is 11.9 Å². The van der Waals surface area contributed by atoms with Crippen LogP contribution in [0.1, 0.15) is 68.6 Å². The summed E-state index contributed by atoms with van der Waals surface area (Å²) in [6, 6.07) is 1.90. The van der Waals surface area contributed by atoms with Crippen LogP contribution in [0.25, 0.3) is 0 Å². The largest absolute Gasteiger partial charge is 0.481 e. The first-order valence-electron chi connectivity index (χ1n) is 7.78. The van der Waals surface area contributed by atoms with Crippen molar-refractivity contribution in [2.24, 2.45) is 0 Å². The summed E-state index contributed by atoms with van der Waals surface area (Å²) in [6.45, 7) is 6.66. The minimum atomic E-state index is -0.839. The molecule has 0 aromatic carbocycles. The normalized spacial score (nSPS) is 14.9. The van der Waals surface area contributed by atoms with Crippen LogP contribution < -0.4 is 0 Å². The van der Waals surface area contributed by atoms with E-state index in [2.05, 4.69) is 25.9 Å². The molecule has 122 valence electrons. The fraction of sp³-hybridized carbons (Fsp3) is 0.688. The number of nitrogens with zero attached hydrogens (tertiary/aromatic N) is 3. The molecule has 6 heteroatoms. The Morgan fingerprint density at radius 1 is 1.41 bits per heavy atom. The Morgan fingerprint density at radius 2 is 2.05 bits per heavy atom. The lowest BCUT2D eigenvalue weighted by molar-refractivity contribution is -0.137. The van der Waals surface area contributed by atoms with E-state index in [1.165, 1.54) is 0 Å². The van der Waals surface area contributed by atoms with E-state index in [9.17, 15) is 9.59 Å². The van der Waals surface area contributed by atoms with Gasteiger partial charge in [0.05, 0.1) is 5.54 Å². The molecule has 6 nitrogen and oxygen atoms in total. The van der Waals surface area contributed by atoms with E-state index < -0.39 is 5.97 Å². The number of hydrogen-bond donors (Lipinski definition) is 1. The number of aliphatic carboxylic acids is 1. The van der Waals surface area contributed by atoms with Gasteiger partial charge >= 0.3 is 5.97 Å². The first-order valence-corrected chi connectivity index (χ1v) is 7.78. The summed E-state index contributed by atoms with van der Waals surface area (Å²) in [4.78, 5) is 24.6. The van der Waals surface area contributed by atoms with Gasteiger partial charge in [-0.1, -0.05) is 0 Å². The van der Waals surface area contributed by atoms with Crippen LogP contribution in [0, 0.1) is 0 Å². The summed E-state index contributed by atoms with van der Waals surface area (Å²) >= 11 is 0. The predicted octanol–water partition coefficient (Wildman–Crippen LogP) is 2.45. The minimum Gasteiger partial charge on any atom is -0.481 e. The second kappa shape index (κ2) is 6.10. The third-order valence-corrected chi connectivity index (χ3v) is 3.82. The van der Waals surface area contributed by atoms with Gasteiger partial charge in [-0.25, -0.2) is 0 Å². The van der Waals surface area contributed by atoms with Crippen LogP contribution in [-0.2, 0) is 10.3 Å². The molecule has 1 N–H and O–H groups in total. The number of carbonyl (C=O) groups is 2. The first kappa shape index (κ1) is 16.5. The van der Waals surface area contributed by atoms with Gasteiger partial charge in [-0.3, -0.25) is 14.3 Å². The predicted molar refractivity (Wildman–Crippen MR) is 83.0 cm³/mol. The highest BCUT2D eigenvalue weighted by Crippen LogP contribution is 2.41. The molecule has 2 rings (SSSR count). The summed E-state index contributed by atoms with van der Waals surface area (Å²) in [5, 5.41) is 13.2. The van der Waals surface area contributed by atoms with Crippen molar-refractivity contribution in [1.29, 1.82) is 0 Å². The number of amides is 1. The van der Waals surface area contributed by atoms with Crippen molar-refractivity contribution in [2.75, 3.05) is 13.6 Å². The quantitative estimate of drug-likeness (QED) is 0.876. The molecule has 0 atom stereocenters. The standard InChI is InChI=1S/C16H25N3O3/c1-16(2,3)19-13(11-7-8-11)10-12(17-19)15(22)18(4)9-5-6-14(20)21/h10-11H,5-9H2,1-4H3,(H,20,21). The van der Waals surface area contributed by atoms with Crippen molar-refractivity contribution in [2.45, 2.75) is 57.9 Å². The number of carboxylic acids is 1. The van der Waals surface area contributed by atoms with Gasteiger partial charge in [0.1, 0.15) is 0 Å². The molecular weight excluding hydrogens is 282 g/mol. The number of carbonyl (C=O) groups excluding carboxylic acids is 1. The van der Waals surface area contributed by atoms with Crippen molar-refractivity contribution in [1.82, 2.24) is 14.7 Å². The zero-order valence-electron chi connectivity index (χ0n) is 13.8. The average molecular weight is 307 g/mol. The van der Waals surface area contributed by atoms with Crippen molar-refractivity contribution in [3.05, 3.63) is 17.5 Å². The average Bonchev–Trinajstić information content (AvgIpc) is 3.14. The Morgan fingerprint density at radius 3 is 2.55 bits per heavy atom. The third-order valence-electron chi connectivity index (χ3n) is 3.82. The molecule has 1 aliphatic rings. The van der Waals surface area contributed by atoms with E-state index in [1.807, 2.05) is 10.7 Å². The van der Waals surface area contributed by atoms with E-state index in [0.29, 0.717) is 24.6 Å². The maximum atomic E-state index is 12.5. The van der Waals surface area contributed by atoms with Gasteiger partial charge in [0.2, 0.25) is 0 Å². The molecule has 0 radical (unpaired) electrons. The zero-order chi connectivity index (χ0) is 16.5. The van der Waals surface area contributed by atoms with Gasteiger partial charge in [0.15, 0.2) is 5.69 Å². The van der Waals surface area contributed by atoms with Crippen LogP contribution >= 0.6 is 0 Å². The van der Waals surface area contributed by atoms with Crippen molar-refractivity contribution in [3.63, 3.8) is 0 Å². The maximum absolute atomic E-state index is 12.5. The maximum Gasteiger partial charge on any atom is 0.303 e. The molecular formula is C16H25N3O3. The van der Waals surface area contributed by atoms with E-state index in [-0.39, 0.29) is 17.9 Å². The molecule has 0 spiro atoms. The molecule has 1 aromatic rings. The summed E-state index contributed by atoms with van der Waals surface area (Å²) < 4.78 is 1.96. The van der Waals surface area contributed by atoms with Crippen LogP contribution in [0.5, 0.6) is 0 Å². The molecule has 1 heterocycles.